The first kappa shape index (κ1) is 8.28. The molecule has 0 saturated heterocycles. The molecule has 74 valence electrons. The third-order valence-electron chi connectivity index (χ3n) is 5.72. The van der Waals surface area contributed by atoms with Crippen LogP contribution >= 0.6 is 0 Å². The highest BCUT2D eigenvalue weighted by atomic mass is 14.9. The number of hydrogen-bond donors (Lipinski definition) is 1. The molecule has 1 N–H and O–H groups in total. The van der Waals surface area contributed by atoms with E-state index in [-0.39, 0.29) is 0 Å². The van der Waals surface area contributed by atoms with Gasteiger partial charge in [0.05, 0.1) is 0 Å². The highest BCUT2D eigenvalue weighted by Gasteiger charge is 2.82. The Morgan fingerprint density at radius 3 is 2.62 bits per heavy atom. The largest absolute Gasteiger partial charge is 0.319 e. The molecule has 4 atom stereocenters. The van der Waals surface area contributed by atoms with Crippen molar-refractivity contribution in [2.45, 2.75) is 33.1 Å². The fourth-order valence-electron chi connectivity index (χ4n) is 4.97. The van der Waals surface area contributed by atoms with Crippen molar-refractivity contribution in [3.63, 3.8) is 0 Å². The fraction of sp³-hybridized carbons (Fsp3) is 1.00. The van der Waals surface area contributed by atoms with Gasteiger partial charge in [-0.05, 0) is 61.4 Å². The van der Waals surface area contributed by atoms with Crippen LogP contribution in [0.3, 0.4) is 0 Å². The van der Waals surface area contributed by atoms with Gasteiger partial charge in [0.1, 0.15) is 0 Å². The van der Waals surface area contributed by atoms with Gasteiger partial charge in [-0.25, -0.2) is 0 Å². The molecule has 0 heterocycles. The lowest BCUT2D eigenvalue weighted by Gasteiger charge is -2.34. The molecule has 0 amide bonds. The van der Waals surface area contributed by atoms with Gasteiger partial charge in [-0.2, -0.15) is 0 Å². The van der Waals surface area contributed by atoms with Crippen molar-refractivity contribution in [1.82, 2.24) is 5.32 Å². The van der Waals surface area contributed by atoms with Gasteiger partial charge in [0.15, 0.2) is 0 Å². The maximum absolute atomic E-state index is 3.36. The Morgan fingerprint density at radius 1 is 1.38 bits per heavy atom. The Kier molecular flexibility index (Phi) is 1.36. The summed E-state index contributed by atoms with van der Waals surface area (Å²) in [5, 5.41) is 3.36. The molecule has 3 aliphatic rings. The molecule has 0 aromatic rings. The van der Waals surface area contributed by atoms with Gasteiger partial charge in [-0.15, -0.1) is 0 Å². The molecule has 0 aromatic carbocycles. The van der Waals surface area contributed by atoms with E-state index in [1.807, 2.05) is 0 Å². The minimum Gasteiger partial charge on any atom is -0.319 e. The summed E-state index contributed by atoms with van der Waals surface area (Å²) in [7, 11) is 2.10. The monoisotopic (exact) mass is 179 g/mol. The second-order valence-corrected chi connectivity index (χ2v) is 6.01. The van der Waals surface area contributed by atoms with E-state index in [0.29, 0.717) is 5.41 Å². The highest BCUT2D eigenvalue weighted by Crippen LogP contribution is 2.88. The topological polar surface area (TPSA) is 12.0 Å². The van der Waals surface area contributed by atoms with Crippen LogP contribution in [0.1, 0.15) is 33.1 Å². The molecule has 13 heavy (non-hydrogen) atoms. The molecule has 0 bridgehead atoms. The van der Waals surface area contributed by atoms with Gasteiger partial charge in [-0.3, -0.25) is 0 Å². The lowest BCUT2D eigenvalue weighted by atomic mass is 9.71. The van der Waals surface area contributed by atoms with Crippen LogP contribution in [0.25, 0.3) is 0 Å². The van der Waals surface area contributed by atoms with E-state index in [4.69, 9.17) is 0 Å². The predicted octanol–water partition coefficient (Wildman–Crippen LogP) is 2.28. The molecular weight excluding hydrogens is 158 g/mol. The lowest BCUT2D eigenvalue weighted by molar-refractivity contribution is 0.148. The third-order valence-corrected chi connectivity index (χ3v) is 5.72. The summed E-state index contributed by atoms with van der Waals surface area (Å²) in [5.41, 5.74) is 1.54. The van der Waals surface area contributed by atoms with Crippen LogP contribution in [0, 0.1) is 28.6 Å². The summed E-state index contributed by atoms with van der Waals surface area (Å²) in [6.07, 6.45) is 4.56. The second kappa shape index (κ2) is 2.13. The van der Waals surface area contributed by atoms with E-state index >= 15 is 0 Å². The SMILES string of the molecule is CNCC1CCC23[C@H]1C[C@H]2C3(C)C. The summed E-state index contributed by atoms with van der Waals surface area (Å²) in [5.74, 6) is 3.19. The van der Waals surface area contributed by atoms with Crippen molar-refractivity contribution in [2.24, 2.45) is 28.6 Å². The average molecular weight is 179 g/mol. The van der Waals surface area contributed by atoms with E-state index in [9.17, 15) is 0 Å². The van der Waals surface area contributed by atoms with Crippen molar-refractivity contribution >= 4 is 0 Å². The summed E-state index contributed by atoms with van der Waals surface area (Å²) >= 11 is 0. The van der Waals surface area contributed by atoms with Crippen LogP contribution in [0.4, 0.5) is 0 Å². The van der Waals surface area contributed by atoms with Crippen LogP contribution in [-0.4, -0.2) is 13.6 Å². The summed E-state index contributed by atoms with van der Waals surface area (Å²) in [6.45, 7) is 6.26. The minimum atomic E-state index is 0.708. The molecule has 0 aliphatic heterocycles. The van der Waals surface area contributed by atoms with Crippen LogP contribution in [-0.2, 0) is 0 Å². The van der Waals surface area contributed by atoms with E-state index in [1.54, 1.807) is 6.42 Å². The highest BCUT2D eigenvalue weighted by molar-refractivity contribution is 5.30. The van der Waals surface area contributed by atoms with Crippen LogP contribution < -0.4 is 5.32 Å². The Morgan fingerprint density at radius 2 is 2.15 bits per heavy atom. The molecule has 3 saturated carbocycles. The van der Waals surface area contributed by atoms with Gasteiger partial charge < -0.3 is 5.32 Å². The van der Waals surface area contributed by atoms with Crippen LogP contribution in [0.5, 0.6) is 0 Å². The first-order chi connectivity index (χ1) is 6.14. The first-order valence-electron chi connectivity index (χ1n) is 5.79. The van der Waals surface area contributed by atoms with Gasteiger partial charge in [0.25, 0.3) is 0 Å². The molecule has 1 nitrogen and oxygen atoms in total. The standard InChI is InChI=1S/C12H21N/c1-11(2)10-6-9-8(7-13-3)4-5-12(9,10)11/h8-10,13H,4-7H2,1-3H3/t8?,9-,10-,12?/m0/s1. The summed E-state index contributed by atoms with van der Waals surface area (Å²) in [4.78, 5) is 0. The number of rotatable bonds is 2. The van der Waals surface area contributed by atoms with Gasteiger partial charge in [0, 0.05) is 0 Å². The van der Waals surface area contributed by atoms with Gasteiger partial charge in [0.2, 0.25) is 0 Å². The molecule has 1 spiro atoms. The van der Waals surface area contributed by atoms with Crippen molar-refractivity contribution in [3.8, 4) is 0 Å². The van der Waals surface area contributed by atoms with E-state index in [1.165, 1.54) is 19.4 Å². The average Bonchev–Trinajstić information content (AvgIpc) is 2.28. The van der Waals surface area contributed by atoms with Crippen molar-refractivity contribution in [2.75, 3.05) is 13.6 Å². The van der Waals surface area contributed by atoms with Gasteiger partial charge in [-0.1, -0.05) is 13.8 Å². The predicted molar refractivity (Wildman–Crippen MR) is 54.5 cm³/mol. The van der Waals surface area contributed by atoms with E-state index in [0.717, 1.165) is 23.2 Å². The van der Waals surface area contributed by atoms with Crippen LogP contribution in [0.15, 0.2) is 0 Å². The van der Waals surface area contributed by atoms with Crippen molar-refractivity contribution in [1.29, 1.82) is 0 Å². The second-order valence-electron chi connectivity index (χ2n) is 6.01. The Bertz CT molecular complexity index is 246. The third kappa shape index (κ3) is 0.674. The zero-order valence-corrected chi connectivity index (χ0v) is 9.06. The molecule has 1 heteroatoms. The molecule has 2 unspecified atom stereocenters. The molecular formula is C12H21N. The van der Waals surface area contributed by atoms with Crippen molar-refractivity contribution in [3.05, 3.63) is 0 Å². The lowest BCUT2D eigenvalue weighted by Crippen LogP contribution is -2.32. The molecule has 3 aliphatic carbocycles. The Balaban J connectivity index is 1.79. The van der Waals surface area contributed by atoms with Crippen LogP contribution in [0.2, 0.25) is 0 Å². The number of hydrogen-bond acceptors (Lipinski definition) is 1. The van der Waals surface area contributed by atoms with Gasteiger partial charge >= 0.3 is 0 Å². The zero-order valence-electron chi connectivity index (χ0n) is 9.06. The Hall–Kier alpha value is -0.0400. The summed E-state index contributed by atoms with van der Waals surface area (Å²) in [6, 6.07) is 0. The molecule has 3 fully saturated rings. The zero-order chi connectivity index (χ0) is 9.27. The molecule has 0 aromatic heterocycles. The maximum Gasteiger partial charge on any atom is -0.00207 e. The molecule has 0 radical (unpaired) electrons. The fourth-order valence-corrected chi connectivity index (χ4v) is 4.97. The first-order valence-corrected chi connectivity index (χ1v) is 5.79. The van der Waals surface area contributed by atoms with E-state index < -0.39 is 0 Å². The van der Waals surface area contributed by atoms with E-state index in [2.05, 4.69) is 26.2 Å². The Labute approximate surface area is 81.3 Å². The summed E-state index contributed by atoms with van der Waals surface area (Å²) < 4.78 is 0. The smallest absolute Gasteiger partial charge is 0.00207 e. The molecule has 3 rings (SSSR count). The van der Waals surface area contributed by atoms with Crippen molar-refractivity contribution < 1.29 is 0 Å². The normalized spacial score (nSPS) is 55.2. The minimum absolute atomic E-state index is 0.708. The maximum atomic E-state index is 3.36. The quantitative estimate of drug-likeness (QED) is 0.685. The number of nitrogens with one attached hydrogen (secondary N) is 1.